The molecule has 19 heavy (non-hydrogen) atoms. The molecule has 1 saturated heterocycles. The molecule has 0 amide bonds. The predicted octanol–water partition coefficient (Wildman–Crippen LogP) is 2.45. The van der Waals surface area contributed by atoms with Gasteiger partial charge in [-0.15, -0.1) is 0 Å². The Labute approximate surface area is 116 Å². The Bertz CT molecular complexity index is 380. The van der Waals surface area contributed by atoms with Gasteiger partial charge in [0.15, 0.2) is 0 Å². The van der Waals surface area contributed by atoms with Crippen molar-refractivity contribution in [1.29, 1.82) is 0 Å². The molecule has 3 nitrogen and oxygen atoms in total. The molecule has 0 saturated carbocycles. The first kappa shape index (κ1) is 14.4. The summed E-state index contributed by atoms with van der Waals surface area (Å²) in [6, 6.07) is 8.27. The molecular weight excluding hydrogens is 236 g/mol. The Morgan fingerprint density at radius 1 is 1.21 bits per heavy atom. The van der Waals surface area contributed by atoms with Crippen LogP contribution in [0.25, 0.3) is 0 Å². The SMILES string of the molecule is CNC1(C)CCN(CCOc2ccc(C)cc2)CC1. The molecule has 0 unspecified atom stereocenters. The average Bonchev–Trinajstić information content (AvgIpc) is 2.43. The largest absolute Gasteiger partial charge is 0.492 e. The molecule has 3 heteroatoms. The van der Waals surface area contributed by atoms with Gasteiger partial charge in [0.2, 0.25) is 0 Å². The fraction of sp³-hybridized carbons (Fsp3) is 0.625. The molecule has 0 aliphatic carbocycles. The van der Waals surface area contributed by atoms with E-state index in [0.717, 1.165) is 32.0 Å². The highest BCUT2D eigenvalue weighted by molar-refractivity contribution is 5.26. The van der Waals surface area contributed by atoms with Crippen LogP contribution in [0.4, 0.5) is 0 Å². The molecule has 1 aliphatic rings. The summed E-state index contributed by atoms with van der Waals surface area (Å²) in [7, 11) is 2.07. The van der Waals surface area contributed by atoms with Crippen LogP contribution in [-0.4, -0.2) is 43.7 Å². The van der Waals surface area contributed by atoms with Gasteiger partial charge in [0.25, 0.3) is 0 Å². The Balaban J connectivity index is 1.68. The lowest BCUT2D eigenvalue weighted by molar-refractivity contribution is 0.132. The van der Waals surface area contributed by atoms with Gasteiger partial charge < -0.3 is 10.1 Å². The van der Waals surface area contributed by atoms with Gasteiger partial charge in [-0.3, -0.25) is 4.90 Å². The van der Waals surface area contributed by atoms with Crippen LogP contribution >= 0.6 is 0 Å². The standard InChI is InChI=1S/C16H26N2O/c1-14-4-6-15(7-5-14)19-13-12-18-10-8-16(2,17-3)9-11-18/h4-7,17H,8-13H2,1-3H3. The zero-order valence-corrected chi connectivity index (χ0v) is 12.4. The Morgan fingerprint density at radius 2 is 1.84 bits per heavy atom. The van der Waals surface area contributed by atoms with Crippen LogP contribution in [0, 0.1) is 6.92 Å². The van der Waals surface area contributed by atoms with Crippen molar-refractivity contribution in [2.75, 3.05) is 33.3 Å². The number of benzene rings is 1. The maximum Gasteiger partial charge on any atom is 0.119 e. The summed E-state index contributed by atoms with van der Waals surface area (Å²) in [4.78, 5) is 2.49. The van der Waals surface area contributed by atoms with E-state index in [2.05, 4.69) is 43.2 Å². The summed E-state index contributed by atoms with van der Waals surface area (Å²) < 4.78 is 5.78. The Kier molecular flexibility index (Phi) is 4.83. The number of rotatable bonds is 5. The van der Waals surface area contributed by atoms with Crippen LogP contribution in [-0.2, 0) is 0 Å². The van der Waals surface area contributed by atoms with Crippen molar-refractivity contribution >= 4 is 0 Å². The van der Waals surface area contributed by atoms with E-state index < -0.39 is 0 Å². The van der Waals surface area contributed by atoms with E-state index in [1.165, 1.54) is 18.4 Å². The van der Waals surface area contributed by atoms with Crippen LogP contribution in [0.5, 0.6) is 5.75 Å². The molecule has 2 rings (SSSR count). The molecule has 106 valence electrons. The molecule has 0 atom stereocenters. The predicted molar refractivity (Wildman–Crippen MR) is 79.8 cm³/mol. The fourth-order valence-corrected chi connectivity index (χ4v) is 2.45. The highest BCUT2D eigenvalue weighted by atomic mass is 16.5. The molecule has 1 aromatic rings. The number of piperidine rings is 1. The molecule has 0 radical (unpaired) electrons. The van der Waals surface area contributed by atoms with Gasteiger partial charge in [-0.05, 0) is 45.9 Å². The summed E-state index contributed by atoms with van der Waals surface area (Å²) in [5.41, 5.74) is 1.60. The highest BCUT2D eigenvalue weighted by Crippen LogP contribution is 2.20. The highest BCUT2D eigenvalue weighted by Gasteiger charge is 2.27. The third kappa shape index (κ3) is 4.22. The second-order valence-corrected chi connectivity index (χ2v) is 5.81. The smallest absolute Gasteiger partial charge is 0.119 e. The van der Waals surface area contributed by atoms with Crippen molar-refractivity contribution in [1.82, 2.24) is 10.2 Å². The molecule has 1 heterocycles. The summed E-state index contributed by atoms with van der Waals surface area (Å²) in [5.74, 6) is 0.975. The maximum absolute atomic E-state index is 5.78. The van der Waals surface area contributed by atoms with Crippen molar-refractivity contribution in [3.63, 3.8) is 0 Å². The normalized spacial score (nSPS) is 19.3. The third-order valence-corrected chi connectivity index (χ3v) is 4.26. The first-order valence-corrected chi connectivity index (χ1v) is 7.22. The fourth-order valence-electron chi connectivity index (χ4n) is 2.45. The third-order valence-electron chi connectivity index (χ3n) is 4.26. The second-order valence-electron chi connectivity index (χ2n) is 5.81. The van der Waals surface area contributed by atoms with E-state index in [1.807, 2.05) is 12.1 Å². The molecule has 1 fully saturated rings. The van der Waals surface area contributed by atoms with Gasteiger partial charge in [0.05, 0.1) is 0 Å². The number of likely N-dealkylation sites (tertiary alicyclic amines) is 1. The van der Waals surface area contributed by atoms with Crippen molar-refractivity contribution in [3.05, 3.63) is 29.8 Å². The van der Waals surface area contributed by atoms with Gasteiger partial charge >= 0.3 is 0 Å². The van der Waals surface area contributed by atoms with Crippen LogP contribution in [0.15, 0.2) is 24.3 Å². The number of nitrogens with one attached hydrogen (secondary N) is 1. The molecule has 1 aromatic carbocycles. The van der Waals surface area contributed by atoms with Crippen LogP contribution in [0.2, 0.25) is 0 Å². The molecule has 0 bridgehead atoms. The van der Waals surface area contributed by atoms with E-state index in [1.54, 1.807) is 0 Å². The zero-order chi connectivity index (χ0) is 13.7. The van der Waals surface area contributed by atoms with E-state index in [9.17, 15) is 0 Å². The molecule has 0 spiro atoms. The zero-order valence-electron chi connectivity index (χ0n) is 12.4. The van der Waals surface area contributed by atoms with Crippen LogP contribution in [0.3, 0.4) is 0 Å². The number of hydrogen-bond acceptors (Lipinski definition) is 3. The van der Waals surface area contributed by atoms with E-state index >= 15 is 0 Å². The Hall–Kier alpha value is -1.06. The summed E-state index contributed by atoms with van der Waals surface area (Å²) in [6.45, 7) is 8.53. The van der Waals surface area contributed by atoms with E-state index in [0.29, 0.717) is 5.54 Å². The minimum Gasteiger partial charge on any atom is -0.492 e. The lowest BCUT2D eigenvalue weighted by Crippen LogP contribution is -2.50. The van der Waals surface area contributed by atoms with Gasteiger partial charge in [-0.1, -0.05) is 17.7 Å². The van der Waals surface area contributed by atoms with Gasteiger partial charge in [0.1, 0.15) is 12.4 Å². The van der Waals surface area contributed by atoms with Gasteiger partial charge in [-0.2, -0.15) is 0 Å². The number of hydrogen-bond donors (Lipinski definition) is 1. The van der Waals surface area contributed by atoms with Crippen molar-refractivity contribution in [2.45, 2.75) is 32.2 Å². The lowest BCUT2D eigenvalue weighted by Gasteiger charge is -2.39. The Morgan fingerprint density at radius 3 is 2.42 bits per heavy atom. The summed E-state index contributed by atoms with van der Waals surface area (Å²) >= 11 is 0. The van der Waals surface area contributed by atoms with E-state index in [4.69, 9.17) is 4.74 Å². The number of aryl methyl sites for hydroxylation is 1. The first-order chi connectivity index (χ1) is 9.11. The number of ether oxygens (including phenoxy) is 1. The number of nitrogens with zero attached hydrogens (tertiary/aromatic N) is 1. The monoisotopic (exact) mass is 262 g/mol. The molecule has 1 N–H and O–H groups in total. The molecule has 0 aromatic heterocycles. The quantitative estimate of drug-likeness (QED) is 0.882. The van der Waals surface area contributed by atoms with Gasteiger partial charge in [-0.25, -0.2) is 0 Å². The topological polar surface area (TPSA) is 24.5 Å². The van der Waals surface area contributed by atoms with Crippen LogP contribution < -0.4 is 10.1 Å². The first-order valence-electron chi connectivity index (χ1n) is 7.22. The average molecular weight is 262 g/mol. The van der Waals surface area contributed by atoms with Crippen molar-refractivity contribution in [2.24, 2.45) is 0 Å². The van der Waals surface area contributed by atoms with Crippen molar-refractivity contribution < 1.29 is 4.74 Å². The molecular formula is C16H26N2O. The maximum atomic E-state index is 5.78. The van der Waals surface area contributed by atoms with Crippen molar-refractivity contribution in [3.8, 4) is 5.75 Å². The molecule has 1 aliphatic heterocycles. The minimum absolute atomic E-state index is 0.328. The van der Waals surface area contributed by atoms with Crippen LogP contribution in [0.1, 0.15) is 25.3 Å². The summed E-state index contributed by atoms with van der Waals surface area (Å²) in [5, 5.41) is 3.43. The summed E-state index contributed by atoms with van der Waals surface area (Å²) in [6.07, 6.45) is 2.43. The van der Waals surface area contributed by atoms with E-state index in [-0.39, 0.29) is 0 Å². The minimum atomic E-state index is 0.328. The second kappa shape index (κ2) is 6.40. The van der Waals surface area contributed by atoms with Gasteiger partial charge in [0, 0.05) is 25.2 Å². The lowest BCUT2D eigenvalue weighted by atomic mass is 9.90.